The van der Waals surface area contributed by atoms with E-state index in [1.54, 1.807) is 0 Å². The van der Waals surface area contributed by atoms with E-state index < -0.39 is 44.3 Å². The summed E-state index contributed by atoms with van der Waals surface area (Å²) in [6.45, 7) is 15.4. The first kappa shape index (κ1) is 23.1. The van der Waals surface area contributed by atoms with Gasteiger partial charge in [0.15, 0.2) is 6.23 Å². The lowest BCUT2D eigenvalue weighted by Crippen LogP contribution is -2.41. The van der Waals surface area contributed by atoms with Crippen molar-refractivity contribution in [3.8, 4) is 0 Å². The minimum atomic E-state index is -1.59. The van der Waals surface area contributed by atoms with Crippen LogP contribution in [0.2, 0.25) is 0 Å². The molecule has 5 atom stereocenters. The fraction of sp³-hybridized carbons (Fsp3) is 0.737. The van der Waals surface area contributed by atoms with Gasteiger partial charge < -0.3 is 23.4 Å². The number of nitrogens with zero attached hydrogens (tertiary/aromatic N) is 3. The summed E-state index contributed by atoms with van der Waals surface area (Å²) in [5, 5.41) is 0. The van der Waals surface area contributed by atoms with Gasteiger partial charge in [-0.25, -0.2) is 16.0 Å². The van der Waals surface area contributed by atoms with Crippen LogP contribution in [0.5, 0.6) is 0 Å². The van der Waals surface area contributed by atoms with Crippen LogP contribution in [0.3, 0.4) is 0 Å². The summed E-state index contributed by atoms with van der Waals surface area (Å²) in [4.78, 5) is 29.3. The second-order valence-corrected chi connectivity index (χ2v) is 8.78. The Hall–Kier alpha value is -1.60. The second kappa shape index (κ2) is 11.1. The van der Waals surface area contributed by atoms with Crippen LogP contribution in [0.15, 0.2) is 21.9 Å². The number of hydrogen-bond acceptors (Lipinski definition) is 7. The van der Waals surface area contributed by atoms with E-state index >= 15 is 0 Å². The molecule has 10 nitrogen and oxygen atoms in total. The summed E-state index contributed by atoms with van der Waals surface area (Å²) in [7, 11) is -0.112. The average Bonchev–Trinajstić information content (AvgIpc) is 3.04. The Kier molecular flexibility index (Phi) is 8.57. The molecule has 1 aromatic rings. The number of aromatic amines is 1. The van der Waals surface area contributed by atoms with Crippen LogP contribution in [-0.4, -0.2) is 64.9 Å². The van der Waals surface area contributed by atoms with Gasteiger partial charge >= 0.3 is 5.69 Å². The maximum Gasteiger partial charge on any atom is 0.330 e. The number of hydrogen-bond donors (Lipinski definition) is 1. The van der Waals surface area contributed by atoms with Gasteiger partial charge in [0.05, 0.1) is 6.10 Å². The molecule has 1 N–H and O–H groups in total. The second-order valence-electron chi connectivity index (χ2n) is 7.37. The van der Waals surface area contributed by atoms with Crippen molar-refractivity contribution in [1.29, 1.82) is 0 Å². The zero-order chi connectivity index (χ0) is 23.1. The summed E-state index contributed by atoms with van der Waals surface area (Å²) in [6, 6.07) is 1.44. The van der Waals surface area contributed by atoms with E-state index in [1.807, 2.05) is 27.7 Å². The Balaban J connectivity index is 2.35. The van der Waals surface area contributed by atoms with Crippen molar-refractivity contribution < 1.29 is 19.9 Å². The first-order valence-electron chi connectivity index (χ1n) is 10.5. The highest BCUT2D eigenvalue weighted by molar-refractivity contribution is 7.44. The van der Waals surface area contributed by atoms with Gasteiger partial charge in [-0.15, -0.1) is 0 Å². The lowest BCUT2D eigenvalue weighted by atomic mass is 10.1. The van der Waals surface area contributed by atoms with E-state index in [9.17, 15) is 9.59 Å². The fourth-order valence-electron chi connectivity index (χ4n) is 3.33. The summed E-state index contributed by atoms with van der Waals surface area (Å²) < 4.78 is 35.2. The lowest BCUT2D eigenvalue weighted by molar-refractivity contribution is -0.0510. The number of nitrogens with one attached hydrogen (secondary N) is 1. The normalized spacial score (nSPS) is 25.6. The number of H-pyrrole nitrogens is 1. The van der Waals surface area contributed by atoms with Gasteiger partial charge in [0, 0.05) is 32.8 Å². The zero-order valence-electron chi connectivity index (χ0n) is 19.0. The molecule has 0 spiro atoms. The maximum absolute atomic E-state index is 12.3. The maximum atomic E-state index is 12.3. The van der Waals surface area contributed by atoms with Crippen molar-refractivity contribution in [2.45, 2.75) is 71.2 Å². The van der Waals surface area contributed by atoms with Crippen LogP contribution in [0.1, 0.15) is 42.2 Å². The van der Waals surface area contributed by atoms with Crippen molar-refractivity contribution >= 4 is 8.53 Å². The summed E-state index contributed by atoms with van der Waals surface area (Å²) in [6.07, 6.45) is -1.61. The molecule has 30 heavy (non-hydrogen) atoms. The summed E-state index contributed by atoms with van der Waals surface area (Å²) in [5.74, 6) is 0. The molecule has 1 unspecified atom stereocenters. The Morgan fingerprint density at radius 2 is 2.07 bits per heavy atom. The van der Waals surface area contributed by atoms with Crippen molar-refractivity contribution in [2.24, 2.45) is 0 Å². The third-order valence-corrected chi connectivity index (χ3v) is 6.67. The molecule has 1 aliphatic heterocycles. The monoisotopic (exact) mass is 443 g/mol. The van der Waals surface area contributed by atoms with Gasteiger partial charge in [-0.05, 0) is 34.6 Å². The Morgan fingerprint density at radius 3 is 2.60 bits per heavy atom. The molecule has 2 rings (SSSR count). The van der Waals surface area contributed by atoms with Gasteiger partial charge in [-0.2, -0.15) is 0 Å². The largest absolute Gasteiger partial charge is 0.374 e. The number of methoxy groups -OCH3 is 1. The van der Waals surface area contributed by atoms with Gasteiger partial charge in [0.2, 0.25) is 6.54 Å². The number of ether oxygens (including phenoxy) is 2. The van der Waals surface area contributed by atoms with E-state index in [2.05, 4.69) is 14.5 Å². The van der Waals surface area contributed by atoms with Crippen LogP contribution in [0.4, 0.5) is 0 Å². The van der Waals surface area contributed by atoms with Crippen molar-refractivity contribution in [3.05, 3.63) is 44.5 Å². The number of rotatable bonds is 10. The topological polar surface area (TPSA) is 99.4 Å². The summed E-state index contributed by atoms with van der Waals surface area (Å²) in [5.41, 5.74) is -1.15. The van der Waals surface area contributed by atoms with E-state index in [0.717, 1.165) is 0 Å². The molecule has 0 aliphatic carbocycles. The van der Waals surface area contributed by atoms with Crippen LogP contribution in [-0.2, 0) is 18.5 Å². The Labute approximate surface area is 179 Å². The Morgan fingerprint density at radius 1 is 1.37 bits per heavy atom. The van der Waals surface area contributed by atoms with Crippen LogP contribution in [0.25, 0.3) is 4.85 Å². The van der Waals surface area contributed by atoms with Crippen molar-refractivity contribution in [3.63, 3.8) is 0 Å². The standard InChI is InChI=1S/C19H31N4O6P/c1-12(2)23(13(3)4)30(27-11-9-20-6)29-16-14(5)28-18(17(16)26-7)22-10-8-15(24)21-19(22)25/h8,10,12-14,16-18H,9,11H2,1-5,7H3,(H,21,24,25)/t14-,16-,17-,18-,30?/m1/s1/i5D. The van der Waals surface area contributed by atoms with Crippen LogP contribution >= 0.6 is 8.53 Å². The molecule has 0 amide bonds. The highest BCUT2D eigenvalue weighted by atomic mass is 31.2. The molecule has 168 valence electrons. The molecule has 0 aromatic carbocycles. The first-order chi connectivity index (χ1) is 14.7. The van der Waals surface area contributed by atoms with Gasteiger partial charge in [-0.1, -0.05) is 0 Å². The molecular formula is C19H31N4O6P. The quantitative estimate of drug-likeness (QED) is 0.336. The van der Waals surface area contributed by atoms with Crippen molar-refractivity contribution in [2.75, 3.05) is 20.3 Å². The molecule has 2 heterocycles. The molecule has 1 aromatic heterocycles. The highest BCUT2D eigenvalue weighted by Gasteiger charge is 2.47. The number of aromatic nitrogens is 2. The zero-order valence-corrected chi connectivity index (χ0v) is 18.9. The SMILES string of the molecule is [2H]C[C@H]1O[C@@H](n2ccc(=O)[nH]c2=O)[C@H](OC)[C@@H]1OP(OCC[N+]#[C-])N(C(C)C)C(C)C. The fourth-order valence-corrected chi connectivity index (χ4v) is 5.09. The third-order valence-electron chi connectivity index (χ3n) is 4.55. The van der Waals surface area contributed by atoms with Gasteiger partial charge in [0.1, 0.15) is 18.8 Å². The minimum Gasteiger partial charge on any atom is -0.374 e. The predicted octanol–water partition coefficient (Wildman–Crippen LogP) is 2.14. The van der Waals surface area contributed by atoms with Crippen LogP contribution < -0.4 is 11.2 Å². The Bertz CT molecular complexity index is 849. The molecule has 1 aliphatic rings. The van der Waals surface area contributed by atoms with E-state index in [4.69, 9.17) is 26.5 Å². The smallest absolute Gasteiger partial charge is 0.330 e. The first-order valence-corrected chi connectivity index (χ1v) is 10.9. The molecule has 0 bridgehead atoms. The van der Waals surface area contributed by atoms with Gasteiger partial charge in [-0.3, -0.25) is 14.3 Å². The molecule has 0 saturated carbocycles. The van der Waals surface area contributed by atoms with E-state index in [-0.39, 0.29) is 32.1 Å². The van der Waals surface area contributed by atoms with E-state index in [1.165, 1.54) is 23.9 Å². The lowest BCUT2D eigenvalue weighted by Gasteiger charge is -2.37. The average molecular weight is 443 g/mol. The molecule has 0 radical (unpaired) electrons. The predicted molar refractivity (Wildman–Crippen MR) is 113 cm³/mol. The van der Waals surface area contributed by atoms with Crippen LogP contribution in [0, 0.1) is 6.57 Å². The molecule has 1 saturated heterocycles. The summed E-state index contributed by atoms with van der Waals surface area (Å²) >= 11 is 0. The molecule has 11 heteroatoms. The third kappa shape index (κ3) is 5.76. The van der Waals surface area contributed by atoms with E-state index in [0.29, 0.717) is 0 Å². The molecular weight excluding hydrogens is 411 g/mol. The highest BCUT2D eigenvalue weighted by Crippen LogP contribution is 2.50. The van der Waals surface area contributed by atoms with Crippen molar-refractivity contribution in [1.82, 2.24) is 14.2 Å². The minimum absolute atomic E-state index is 0.106. The molecule has 1 fully saturated rings. The van der Waals surface area contributed by atoms with Gasteiger partial charge in [0.25, 0.3) is 14.1 Å².